The molecule has 0 bridgehead atoms. The van der Waals surface area contributed by atoms with Gasteiger partial charge in [-0.2, -0.15) is 12.7 Å². The quantitative estimate of drug-likeness (QED) is 0.759. The SMILES string of the molecule is CC(C)OC(=O)NS(=O)(=O)N(CCCl)C1CCCC1. The first-order chi connectivity index (χ1) is 8.86. The maximum absolute atomic E-state index is 12.2. The summed E-state index contributed by atoms with van der Waals surface area (Å²) in [5.74, 6) is 0.191. The first-order valence-electron chi connectivity index (χ1n) is 6.43. The first-order valence-corrected chi connectivity index (χ1v) is 8.40. The van der Waals surface area contributed by atoms with E-state index in [1.807, 2.05) is 4.72 Å². The average Bonchev–Trinajstić information content (AvgIpc) is 2.76. The summed E-state index contributed by atoms with van der Waals surface area (Å²) in [5.41, 5.74) is 0. The average molecular weight is 313 g/mol. The van der Waals surface area contributed by atoms with Gasteiger partial charge in [0.15, 0.2) is 0 Å². The van der Waals surface area contributed by atoms with E-state index >= 15 is 0 Å². The van der Waals surface area contributed by atoms with Crippen LogP contribution in [0.3, 0.4) is 0 Å². The molecule has 112 valence electrons. The molecule has 1 N–H and O–H groups in total. The Kier molecular flexibility index (Phi) is 6.35. The van der Waals surface area contributed by atoms with Gasteiger partial charge in [0.25, 0.3) is 0 Å². The molecule has 0 radical (unpaired) electrons. The van der Waals surface area contributed by atoms with E-state index < -0.39 is 16.3 Å². The Balaban J connectivity index is 2.72. The van der Waals surface area contributed by atoms with Crippen LogP contribution in [0.5, 0.6) is 0 Å². The van der Waals surface area contributed by atoms with Gasteiger partial charge in [0.1, 0.15) is 0 Å². The molecule has 6 nitrogen and oxygen atoms in total. The van der Waals surface area contributed by atoms with Gasteiger partial charge in [0, 0.05) is 18.5 Å². The van der Waals surface area contributed by atoms with Gasteiger partial charge >= 0.3 is 16.3 Å². The van der Waals surface area contributed by atoms with E-state index in [1.54, 1.807) is 13.8 Å². The van der Waals surface area contributed by atoms with Crippen molar-refractivity contribution >= 4 is 27.9 Å². The lowest BCUT2D eigenvalue weighted by Crippen LogP contribution is -2.48. The third-order valence-corrected chi connectivity index (χ3v) is 4.59. The van der Waals surface area contributed by atoms with Crippen molar-refractivity contribution in [2.24, 2.45) is 0 Å². The molecule has 0 aliphatic heterocycles. The number of carbonyl (C=O) groups excluding carboxylic acids is 1. The first kappa shape index (κ1) is 16.5. The third-order valence-electron chi connectivity index (χ3n) is 2.90. The molecule has 0 aromatic carbocycles. The third kappa shape index (κ3) is 5.16. The molecule has 0 atom stereocenters. The van der Waals surface area contributed by atoms with Gasteiger partial charge in [0.2, 0.25) is 0 Å². The van der Waals surface area contributed by atoms with Gasteiger partial charge < -0.3 is 4.74 Å². The summed E-state index contributed by atoms with van der Waals surface area (Å²) in [6.45, 7) is 3.50. The van der Waals surface area contributed by atoms with Crippen LogP contribution >= 0.6 is 11.6 Å². The zero-order valence-corrected chi connectivity index (χ0v) is 12.8. The van der Waals surface area contributed by atoms with Crippen LogP contribution < -0.4 is 4.72 Å². The molecule has 1 fully saturated rings. The van der Waals surface area contributed by atoms with E-state index in [0.29, 0.717) is 0 Å². The van der Waals surface area contributed by atoms with Crippen molar-refractivity contribution in [1.82, 2.24) is 9.03 Å². The van der Waals surface area contributed by atoms with E-state index in [1.165, 1.54) is 4.31 Å². The summed E-state index contributed by atoms with van der Waals surface area (Å²) in [6, 6.07) is -0.0805. The van der Waals surface area contributed by atoms with Crippen molar-refractivity contribution in [3.8, 4) is 0 Å². The van der Waals surface area contributed by atoms with Crippen molar-refractivity contribution < 1.29 is 17.9 Å². The van der Waals surface area contributed by atoms with Crippen LogP contribution in [-0.4, -0.2) is 43.4 Å². The summed E-state index contributed by atoms with van der Waals surface area (Å²) < 4.78 is 32.3. The Morgan fingerprint density at radius 3 is 2.47 bits per heavy atom. The second-order valence-electron chi connectivity index (χ2n) is 4.80. The molecule has 0 heterocycles. The minimum Gasteiger partial charge on any atom is -0.446 e. The van der Waals surface area contributed by atoms with Gasteiger partial charge in [-0.1, -0.05) is 12.8 Å². The number of rotatable bonds is 6. The number of nitrogens with one attached hydrogen (secondary N) is 1. The van der Waals surface area contributed by atoms with Crippen molar-refractivity contribution in [2.75, 3.05) is 12.4 Å². The number of hydrogen-bond acceptors (Lipinski definition) is 4. The van der Waals surface area contributed by atoms with E-state index in [2.05, 4.69) is 0 Å². The summed E-state index contributed by atoms with van der Waals surface area (Å²) in [6.07, 6.45) is 2.27. The molecule has 8 heteroatoms. The smallest absolute Gasteiger partial charge is 0.422 e. The highest BCUT2D eigenvalue weighted by molar-refractivity contribution is 7.87. The van der Waals surface area contributed by atoms with Gasteiger partial charge in [-0.05, 0) is 26.7 Å². The normalized spacial score (nSPS) is 17.1. The fourth-order valence-electron chi connectivity index (χ4n) is 2.18. The number of carbonyl (C=O) groups is 1. The number of alkyl halides is 1. The van der Waals surface area contributed by atoms with E-state index in [4.69, 9.17) is 16.3 Å². The van der Waals surface area contributed by atoms with Gasteiger partial charge in [0.05, 0.1) is 6.10 Å². The number of nitrogens with zero attached hydrogens (tertiary/aromatic N) is 1. The summed E-state index contributed by atoms with van der Waals surface area (Å²) >= 11 is 5.65. The highest BCUT2D eigenvalue weighted by Gasteiger charge is 2.33. The van der Waals surface area contributed by atoms with Crippen LogP contribution in [0.25, 0.3) is 0 Å². The van der Waals surface area contributed by atoms with Crippen molar-refractivity contribution in [3.05, 3.63) is 0 Å². The second kappa shape index (κ2) is 7.31. The van der Waals surface area contributed by atoms with Crippen LogP contribution in [-0.2, 0) is 14.9 Å². The van der Waals surface area contributed by atoms with Gasteiger partial charge in [-0.15, -0.1) is 11.6 Å². The lowest BCUT2D eigenvalue weighted by Gasteiger charge is -2.27. The maximum atomic E-state index is 12.2. The van der Waals surface area contributed by atoms with Crippen molar-refractivity contribution in [2.45, 2.75) is 51.7 Å². The fraction of sp³-hybridized carbons (Fsp3) is 0.909. The Morgan fingerprint density at radius 1 is 1.42 bits per heavy atom. The fourth-order valence-corrected chi connectivity index (χ4v) is 3.77. The lowest BCUT2D eigenvalue weighted by atomic mass is 10.2. The molecule has 0 saturated heterocycles. The molecule has 1 aliphatic rings. The Bertz CT molecular complexity index is 393. The molecule has 0 unspecified atom stereocenters. The zero-order chi connectivity index (χ0) is 14.5. The molecule has 1 rings (SSSR count). The molecule has 1 saturated carbocycles. The lowest BCUT2D eigenvalue weighted by molar-refractivity contribution is 0.120. The molecule has 0 aromatic heterocycles. The predicted molar refractivity (Wildman–Crippen MR) is 73.4 cm³/mol. The van der Waals surface area contributed by atoms with Crippen LogP contribution in [0, 0.1) is 0 Å². The van der Waals surface area contributed by atoms with Crippen molar-refractivity contribution in [1.29, 1.82) is 0 Å². The van der Waals surface area contributed by atoms with Crippen LogP contribution in [0.2, 0.25) is 0 Å². The van der Waals surface area contributed by atoms with E-state index in [-0.39, 0.29) is 24.6 Å². The number of hydrogen-bond donors (Lipinski definition) is 1. The van der Waals surface area contributed by atoms with E-state index in [9.17, 15) is 13.2 Å². The Hall–Kier alpha value is -0.530. The van der Waals surface area contributed by atoms with Crippen LogP contribution in [0.4, 0.5) is 4.79 Å². The number of amides is 1. The van der Waals surface area contributed by atoms with Gasteiger partial charge in [-0.3, -0.25) is 0 Å². The molecular weight excluding hydrogens is 292 g/mol. The topological polar surface area (TPSA) is 75.7 Å². The molecule has 1 amide bonds. The van der Waals surface area contributed by atoms with Crippen LogP contribution in [0.1, 0.15) is 39.5 Å². The van der Waals surface area contributed by atoms with Crippen LogP contribution in [0.15, 0.2) is 0 Å². The summed E-state index contributed by atoms with van der Waals surface area (Å²) in [5, 5.41) is 0. The molecule has 1 aliphatic carbocycles. The van der Waals surface area contributed by atoms with E-state index in [0.717, 1.165) is 25.7 Å². The molecule has 19 heavy (non-hydrogen) atoms. The second-order valence-corrected chi connectivity index (χ2v) is 6.80. The minimum atomic E-state index is -3.89. The number of ether oxygens (including phenoxy) is 1. The molecule has 0 aromatic rings. The number of halogens is 1. The van der Waals surface area contributed by atoms with Crippen molar-refractivity contribution in [3.63, 3.8) is 0 Å². The molecule has 0 spiro atoms. The molecular formula is C11H21ClN2O4S. The summed E-state index contributed by atoms with van der Waals surface area (Å²) in [7, 11) is -3.89. The highest BCUT2D eigenvalue weighted by Crippen LogP contribution is 2.25. The van der Waals surface area contributed by atoms with Gasteiger partial charge in [-0.25, -0.2) is 9.52 Å². The minimum absolute atomic E-state index is 0.0805. The Morgan fingerprint density at radius 2 is 2.00 bits per heavy atom. The predicted octanol–water partition coefficient (Wildman–Crippen LogP) is 1.85. The zero-order valence-electron chi connectivity index (χ0n) is 11.3. The monoisotopic (exact) mass is 312 g/mol. The standard InChI is InChI=1S/C11H21ClN2O4S/c1-9(2)18-11(15)13-19(16,17)14(8-7-12)10-5-3-4-6-10/h9-10H,3-8H2,1-2H3,(H,13,15). The highest BCUT2D eigenvalue weighted by atomic mass is 35.5. The maximum Gasteiger partial charge on any atom is 0.422 e. The Labute approximate surface area is 119 Å². The summed E-state index contributed by atoms with van der Waals surface area (Å²) in [4.78, 5) is 11.4. The largest absolute Gasteiger partial charge is 0.446 e.